The molecule has 0 aliphatic carbocycles. The van der Waals surface area contributed by atoms with Crippen molar-refractivity contribution < 1.29 is 18.3 Å². The molecule has 0 bridgehead atoms. The van der Waals surface area contributed by atoms with Gasteiger partial charge in [-0.1, -0.05) is 48.0 Å². The van der Waals surface area contributed by atoms with Gasteiger partial charge in [0.1, 0.15) is 6.61 Å². The fraction of sp³-hybridized carbons (Fsp3) is 0.167. The number of halogens is 1. The third kappa shape index (κ3) is 3.82. The summed E-state index contributed by atoms with van der Waals surface area (Å²) < 4.78 is 25.2. The van der Waals surface area contributed by atoms with Gasteiger partial charge in [0.05, 0.1) is 11.3 Å². The van der Waals surface area contributed by atoms with Crippen molar-refractivity contribution in [1.82, 2.24) is 0 Å². The van der Waals surface area contributed by atoms with Gasteiger partial charge in [-0.2, -0.15) is 0 Å². The van der Waals surface area contributed by atoms with Crippen LogP contribution in [0.5, 0.6) is 0 Å². The Bertz CT molecular complexity index is 877. The molecule has 1 heterocycles. The van der Waals surface area contributed by atoms with Crippen molar-refractivity contribution in [2.45, 2.75) is 12.3 Å². The average Bonchev–Trinajstić information content (AvgIpc) is 2.98. The molecule has 3 rings (SSSR count). The largest absolute Gasteiger partial charge is 0.457 e. The van der Waals surface area contributed by atoms with Gasteiger partial charge in [0.15, 0.2) is 11.1 Å². The fourth-order valence-electron chi connectivity index (χ4n) is 2.72. The topological polar surface area (TPSA) is 89.6 Å². The standard InChI is InChI=1S/C18H16ClNO4S/c19-16-7-13(5-6-14(16)10-25(22)23)15-9-24-18(21)17(15)12-3-1-11(8-20)2-4-12/h1-7H,8-10,20H2,(H,22,23). The number of cyclic esters (lactones) is 1. The lowest BCUT2D eigenvalue weighted by atomic mass is 9.95. The monoisotopic (exact) mass is 377 g/mol. The van der Waals surface area contributed by atoms with E-state index in [1.165, 1.54) is 0 Å². The first kappa shape index (κ1) is 17.8. The van der Waals surface area contributed by atoms with Crippen molar-refractivity contribution >= 4 is 39.8 Å². The lowest BCUT2D eigenvalue weighted by molar-refractivity contribution is -0.133. The second-order valence-electron chi connectivity index (χ2n) is 5.60. The molecule has 0 fully saturated rings. The normalized spacial score (nSPS) is 15.4. The van der Waals surface area contributed by atoms with Gasteiger partial charge in [-0.05, 0) is 28.3 Å². The van der Waals surface area contributed by atoms with E-state index in [-0.39, 0.29) is 18.3 Å². The van der Waals surface area contributed by atoms with Gasteiger partial charge in [0.2, 0.25) is 0 Å². The Morgan fingerprint density at radius 1 is 1.16 bits per heavy atom. The van der Waals surface area contributed by atoms with Crippen LogP contribution in [-0.2, 0) is 32.9 Å². The maximum Gasteiger partial charge on any atom is 0.339 e. The predicted molar refractivity (Wildman–Crippen MR) is 98.0 cm³/mol. The first-order valence-corrected chi connectivity index (χ1v) is 9.21. The van der Waals surface area contributed by atoms with E-state index in [1.807, 2.05) is 24.3 Å². The minimum absolute atomic E-state index is 0.0407. The van der Waals surface area contributed by atoms with Gasteiger partial charge in [-0.25, -0.2) is 9.00 Å². The van der Waals surface area contributed by atoms with Crippen molar-refractivity contribution in [2.24, 2.45) is 5.73 Å². The number of rotatable bonds is 5. The highest BCUT2D eigenvalue weighted by Crippen LogP contribution is 2.34. The van der Waals surface area contributed by atoms with Crippen molar-refractivity contribution in [3.05, 3.63) is 69.7 Å². The third-order valence-corrected chi connectivity index (χ3v) is 4.92. The number of hydrogen-bond acceptors (Lipinski definition) is 4. The van der Waals surface area contributed by atoms with Crippen LogP contribution in [0.15, 0.2) is 42.5 Å². The molecule has 1 aliphatic rings. The Labute approximate surface area is 152 Å². The van der Waals surface area contributed by atoms with Gasteiger partial charge in [-0.3, -0.25) is 0 Å². The SMILES string of the molecule is NCc1ccc(C2=C(c3ccc(CS(=O)O)c(Cl)c3)COC2=O)cc1. The highest BCUT2D eigenvalue weighted by molar-refractivity contribution is 7.78. The molecule has 0 saturated heterocycles. The molecular formula is C18H16ClNO4S. The van der Waals surface area contributed by atoms with E-state index < -0.39 is 11.1 Å². The first-order valence-electron chi connectivity index (χ1n) is 7.55. The number of hydrogen-bond donors (Lipinski definition) is 2. The summed E-state index contributed by atoms with van der Waals surface area (Å²) in [6.07, 6.45) is 0. The van der Waals surface area contributed by atoms with E-state index in [2.05, 4.69) is 0 Å². The van der Waals surface area contributed by atoms with Gasteiger partial charge in [-0.15, -0.1) is 0 Å². The lowest BCUT2D eigenvalue weighted by Crippen LogP contribution is -2.00. The van der Waals surface area contributed by atoms with Crippen LogP contribution < -0.4 is 5.73 Å². The Hall–Kier alpha value is -1.99. The number of nitrogens with two attached hydrogens (primary N) is 1. The maximum absolute atomic E-state index is 12.2. The zero-order valence-electron chi connectivity index (χ0n) is 13.2. The van der Waals surface area contributed by atoms with Gasteiger partial charge < -0.3 is 15.0 Å². The minimum Gasteiger partial charge on any atom is -0.457 e. The van der Waals surface area contributed by atoms with Crippen molar-refractivity contribution in [2.75, 3.05) is 6.61 Å². The van der Waals surface area contributed by atoms with Crippen LogP contribution in [0, 0.1) is 0 Å². The smallest absolute Gasteiger partial charge is 0.339 e. The molecule has 0 amide bonds. The number of carbonyl (C=O) groups is 1. The zero-order chi connectivity index (χ0) is 18.0. The molecular weight excluding hydrogens is 362 g/mol. The summed E-state index contributed by atoms with van der Waals surface area (Å²) in [7, 11) is 0. The number of esters is 1. The van der Waals surface area contributed by atoms with Crippen LogP contribution in [0.2, 0.25) is 5.02 Å². The summed E-state index contributed by atoms with van der Waals surface area (Å²) in [4.78, 5) is 12.2. The number of benzene rings is 2. The van der Waals surface area contributed by atoms with E-state index in [0.717, 1.165) is 22.3 Å². The second kappa shape index (κ2) is 7.49. The van der Waals surface area contributed by atoms with Crippen LogP contribution in [0.3, 0.4) is 0 Å². The first-order chi connectivity index (χ1) is 12.0. The summed E-state index contributed by atoms with van der Waals surface area (Å²) >= 11 is 4.25. The van der Waals surface area contributed by atoms with Crippen molar-refractivity contribution in [3.63, 3.8) is 0 Å². The van der Waals surface area contributed by atoms with Gasteiger partial charge >= 0.3 is 5.97 Å². The van der Waals surface area contributed by atoms with Gasteiger partial charge in [0, 0.05) is 17.1 Å². The highest BCUT2D eigenvalue weighted by Gasteiger charge is 2.27. The molecule has 5 nitrogen and oxygen atoms in total. The highest BCUT2D eigenvalue weighted by atomic mass is 35.5. The quantitative estimate of drug-likeness (QED) is 0.617. The van der Waals surface area contributed by atoms with E-state index in [0.29, 0.717) is 22.7 Å². The molecule has 2 aromatic carbocycles. The van der Waals surface area contributed by atoms with E-state index in [4.69, 9.17) is 26.6 Å². The Balaban J connectivity index is 2.03. The molecule has 0 spiro atoms. The van der Waals surface area contributed by atoms with Crippen LogP contribution in [0.4, 0.5) is 0 Å². The molecule has 25 heavy (non-hydrogen) atoms. The zero-order valence-corrected chi connectivity index (χ0v) is 14.8. The van der Waals surface area contributed by atoms with E-state index in [1.54, 1.807) is 18.2 Å². The number of carbonyl (C=O) groups excluding carboxylic acids is 1. The molecule has 1 unspecified atom stereocenters. The molecule has 1 aliphatic heterocycles. The fourth-order valence-corrected chi connectivity index (χ4v) is 3.56. The molecule has 130 valence electrons. The maximum atomic E-state index is 12.2. The molecule has 1 atom stereocenters. The van der Waals surface area contributed by atoms with Crippen molar-refractivity contribution in [3.8, 4) is 0 Å². The Morgan fingerprint density at radius 2 is 1.84 bits per heavy atom. The van der Waals surface area contributed by atoms with Crippen LogP contribution >= 0.6 is 11.6 Å². The van der Waals surface area contributed by atoms with Crippen molar-refractivity contribution in [1.29, 1.82) is 0 Å². The lowest BCUT2D eigenvalue weighted by Gasteiger charge is -2.08. The molecule has 0 aromatic heterocycles. The summed E-state index contributed by atoms with van der Waals surface area (Å²) in [5, 5.41) is 0.379. The molecule has 2 aromatic rings. The summed E-state index contributed by atoms with van der Waals surface area (Å²) in [6.45, 7) is 0.592. The van der Waals surface area contributed by atoms with Gasteiger partial charge in [0.25, 0.3) is 0 Å². The number of ether oxygens (including phenoxy) is 1. The summed E-state index contributed by atoms with van der Waals surface area (Å²) in [6, 6.07) is 12.6. The molecule has 7 heteroatoms. The van der Waals surface area contributed by atoms with Crippen LogP contribution in [0.1, 0.15) is 22.3 Å². The second-order valence-corrected chi connectivity index (χ2v) is 6.94. The molecule has 3 N–H and O–H groups in total. The average molecular weight is 378 g/mol. The summed E-state index contributed by atoms with van der Waals surface area (Å²) in [5.74, 6) is -0.423. The summed E-state index contributed by atoms with van der Waals surface area (Å²) in [5.41, 5.74) is 9.90. The predicted octanol–water partition coefficient (Wildman–Crippen LogP) is 2.99. The van der Waals surface area contributed by atoms with Crippen LogP contribution in [0.25, 0.3) is 11.1 Å². The van der Waals surface area contributed by atoms with Crippen LogP contribution in [-0.4, -0.2) is 21.3 Å². The Morgan fingerprint density at radius 3 is 2.44 bits per heavy atom. The minimum atomic E-state index is -1.97. The Kier molecular flexibility index (Phi) is 5.34. The molecule has 0 saturated carbocycles. The third-order valence-electron chi connectivity index (χ3n) is 4.01. The van der Waals surface area contributed by atoms with E-state index >= 15 is 0 Å². The molecule has 0 radical (unpaired) electrons. The van der Waals surface area contributed by atoms with E-state index in [9.17, 15) is 9.00 Å².